The topological polar surface area (TPSA) is 30.7 Å². The van der Waals surface area contributed by atoms with Crippen molar-refractivity contribution < 1.29 is 13.2 Å². The lowest BCUT2D eigenvalue weighted by Gasteiger charge is -2.10. The van der Waals surface area contributed by atoms with E-state index in [4.69, 9.17) is 0 Å². The Morgan fingerprint density at radius 1 is 1.00 bits per heavy atom. The fraction of sp³-hybridized carbons (Fsp3) is 0.300. The predicted octanol–water partition coefficient (Wildman–Crippen LogP) is 5.27. The number of rotatable bonds is 5. The monoisotopic (exact) mass is 359 g/mol. The molecule has 0 amide bonds. The zero-order valence-corrected chi connectivity index (χ0v) is 14.7. The van der Waals surface area contributed by atoms with Gasteiger partial charge < -0.3 is 4.57 Å². The minimum Gasteiger partial charge on any atom is -0.330 e. The normalized spacial score (nSPS) is 11.7. The third kappa shape index (κ3) is 4.12. The summed E-state index contributed by atoms with van der Waals surface area (Å²) in [4.78, 5) is 9.14. The van der Waals surface area contributed by atoms with E-state index in [1.165, 1.54) is 12.1 Å². The van der Waals surface area contributed by atoms with Crippen LogP contribution in [0.4, 0.5) is 13.2 Å². The zero-order valence-electron chi connectivity index (χ0n) is 14.7. The van der Waals surface area contributed by atoms with Crippen molar-refractivity contribution in [1.82, 2.24) is 14.5 Å². The molecule has 3 aromatic rings. The number of benzene rings is 1. The van der Waals surface area contributed by atoms with Crippen LogP contribution < -0.4 is 0 Å². The molecule has 0 saturated heterocycles. The van der Waals surface area contributed by atoms with E-state index in [9.17, 15) is 13.2 Å². The molecule has 0 aliphatic rings. The minimum absolute atomic E-state index is 0.345. The third-order valence-electron chi connectivity index (χ3n) is 4.09. The van der Waals surface area contributed by atoms with Crippen LogP contribution in [0, 0.1) is 6.92 Å². The minimum atomic E-state index is -4.34. The van der Waals surface area contributed by atoms with Gasteiger partial charge in [-0.25, -0.2) is 4.98 Å². The van der Waals surface area contributed by atoms with Crippen LogP contribution in [0.25, 0.3) is 11.4 Å². The lowest BCUT2D eigenvalue weighted by molar-refractivity contribution is -0.137. The summed E-state index contributed by atoms with van der Waals surface area (Å²) >= 11 is 0. The maximum Gasteiger partial charge on any atom is 0.416 e. The van der Waals surface area contributed by atoms with Gasteiger partial charge in [-0.3, -0.25) is 4.98 Å². The Balaban J connectivity index is 1.94. The van der Waals surface area contributed by atoms with Crippen molar-refractivity contribution in [2.75, 3.05) is 0 Å². The number of aromatic nitrogens is 3. The summed E-state index contributed by atoms with van der Waals surface area (Å²) in [7, 11) is 0. The molecule has 0 spiro atoms. The molecule has 0 aliphatic carbocycles. The van der Waals surface area contributed by atoms with E-state index in [0.717, 1.165) is 41.8 Å². The summed E-state index contributed by atoms with van der Waals surface area (Å²) in [6.07, 6.45) is -0.814. The Labute approximate surface area is 150 Å². The molecule has 1 aromatic carbocycles. The van der Waals surface area contributed by atoms with Crippen LogP contribution in [0.1, 0.15) is 36.0 Å². The van der Waals surface area contributed by atoms with Crippen LogP contribution in [-0.2, 0) is 19.1 Å². The molecular formula is C20H20F3N3. The lowest BCUT2D eigenvalue weighted by atomic mass is 10.1. The molecule has 0 unspecified atom stereocenters. The van der Waals surface area contributed by atoms with E-state index in [0.29, 0.717) is 12.1 Å². The number of aryl methyl sites for hydroxylation is 2. The molecule has 0 aliphatic heterocycles. The van der Waals surface area contributed by atoms with Crippen molar-refractivity contribution in [2.24, 2.45) is 0 Å². The summed E-state index contributed by atoms with van der Waals surface area (Å²) in [5.41, 5.74) is 2.37. The van der Waals surface area contributed by atoms with E-state index in [-0.39, 0.29) is 0 Å². The maximum atomic E-state index is 12.9. The van der Waals surface area contributed by atoms with Crippen LogP contribution in [0.15, 0.2) is 48.7 Å². The van der Waals surface area contributed by atoms with Gasteiger partial charge >= 0.3 is 6.18 Å². The number of pyridine rings is 1. The smallest absolute Gasteiger partial charge is 0.330 e. The van der Waals surface area contributed by atoms with Gasteiger partial charge in [-0.05, 0) is 43.2 Å². The molecule has 0 N–H and O–H groups in total. The van der Waals surface area contributed by atoms with Gasteiger partial charge in [0.2, 0.25) is 0 Å². The number of halogens is 3. The molecule has 0 atom stereocenters. The van der Waals surface area contributed by atoms with Gasteiger partial charge in [0.25, 0.3) is 0 Å². The molecule has 26 heavy (non-hydrogen) atoms. The quantitative estimate of drug-likeness (QED) is 0.621. The average Bonchev–Trinajstić information content (AvgIpc) is 2.97. The van der Waals surface area contributed by atoms with Crippen molar-refractivity contribution in [3.63, 3.8) is 0 Å². The van der Waals surface area contributed by atoms with Gasteiger partial charge in [-0.15, -0.1) is 0 Å². The molecule has 136 valence electrons. The number of hydrogen-bond donors (Lipinski definition) is 0. The van der Waals surface area contributed by atoms with Crippen molar-refractivity contribution >= 4 is 0 Å². The van der Waals surface area contributed by atoms with Crippen LogP contribution in [0.5, 0.6) is 0 Å². The number of imidazole rings is 1. The molecule has 3 rings (SSSR count). The van der Waals surface area contributed by atoms with E-state index in [1.54, 1.807) is 6.07 Å². The lowest BCUT2D eigenvalue weighted by Crippen LogP contribution is -2.08. The van der Waals surface area contributed by atoms with E-state index < -0.39 is 11.7 Å². The molecule has 0 bridgehead atoms. The number of hydrogen-bond acceptors (Lipinski definition) is 2. The molecule has 0 radical (unpaired) electrons. The molecular weight excluding hydrogens is 339 g/mol. The first-order valence-electron chi connectivity index (χ1n) is 8.53. The third-order valence-corrected chi connectivity index (χ3v) is 4.09. The second-order valence-corrected chi connectivity index (χ2v) is 6.28. The van der Waals surface area contributed by atoms with Gasteiger partial charge in [0, 0.05) is 24.9 Å². The molecule has 3 nitrogen and oxygen atoms in total. The van der Waals surface area contributed by atoms with Crippen LogP contribution in [0.3, 0.4) is 0 Å². The van der Waals surface area contributed by atoms with Crippen molar-refractivity contribution in [3.05, 3.63) is 71.3 Å². The second-order valence-electron chi connectivity index (χ2n) is 6.28. The standard InChI is InChI=1S/C20H20F3N3/c1-3-6-19-25-18(17-10-4-7-14(2)24-17)13-26(19)12-15-8-5-9-16(11-15)20(21,22)23/h4-5,7-11,13H,3,6,12H2,1-2H3. The highest BCUT2D eigenvalue weighted by Crippen LogP contribution is 2.30. The summed E-state index contributed by atoms with van der Waals surface area (Å²) in [6.45, 7) is 4.31. The molecule has 2 aromatic heterocycles. The zero-order chi connectivity index (χ0) is 18.7. The molecule has 0 fully saturated rings. The van der Waals surface area contributed by atoms with Crippen LogP contribution in [-0.4, -0.2) is 14.5 Å². The first kappa shape index (κ1) is 18.2. The van der Waals surface area contributed by atoms with Gasteiger partial charge in [0.05, 0.1) is 11.3 Å². The van der Waals surface area contributed by atoms with Gasteiger partial charge in [0.15, 0.2) is 0 Å². The molecule has 6 heteroatoms. The Morgan fingerprint density at radius 3 is 2.46 bits per heavy atom. The fourth-order valence-electron chi connectivity index (χ4n) is 2.87. The van der Waals surface area contributed by atoms with Crippen LogP contribution in [0.2, 0.25) is 0 Å². The molecule has 0 saturated carbocycles. The Hall–Kier alpha value is -2.63. The highest BCUT2D eigenvalue weighted by Gasteiger charge is 2.30. The second kappa shape index (κ2) is 7.32. The highest BCUT2D eigenvalue weighted by molar-refractivity contribution is 5.53. The molecule has 2 heterocycles. The Morgan fingerprint density at radius 2 is 1.77 bits per heavy atom. The van der Waals surface area contributed by atoms with E-state index in [1.807, 2.05) is 42.8 Å². The summed E-state index contributed by atoms with van der Waals surface area (Å²) in [5.74, 6) is 0.850. The fourth-order valence-corrected chi connectivity index (χ4v) is 2.87. The predicted molar refractivity (Wildman–Crippen MR) is 94.7 cm³/mol. The van der Waals surface area contributed by atoms with Gasteiger partial charge in [-0.1, -0.05) is 25.1 Å². The Bertz CT molecular complexity index is 897. The van der Waals surface area contributed by atoms with Crippen LogP contribution >= 0.6 is 0 Å². The van der Waals surface area contributed by atoms with Crippen molar-refractivity contribution in [1.29, 1.82) is 0 Å². The first-order chi connectivity index (χ1) is 12.4. The highest BCUT2D eigenvalue weighted by atomic mass is 19.4. The number of nitrogens with zero attached hydrogens (tertiary/aromatic N) is 3. The van der Waals surface area contributed by atoms with Crippen molar-refractivity contribution in [2.45, 2.75) is 39.4 Å². The largest absolute Gasteiger partial charge is 0.416 e. The summed E-state index contributed by atoms with van der Waals surface area (Å²) in [6, 6.07) is 11.2. The SMILES string of the molecule is CCCc1nc(-c2cccc(C)n2)cn1Cc1cccc(C(F)(F)F)c1. The van der Waals surface area contributed by atoms with E-state index >= 15 is 0 Å². The Kier molecular flexibility index (Phi) is 5.11. The van der Waals surface area contributed by atoms with Crippen molar-refractivity contribution in [3.8, 4) is 11.4 Å². The maximum absolute atomic E-state index is 12.9. The van der Waals surface area contributed by atoms with Gasteiger partial charge in [-0.2, -0.15) is 13.2 Å². The summed E-state index contributed by atoms with van der Waals surface area (Å²) in [5, 5.41) is 0. The van der Waals surface area contributed by atoms with E-state index in [2.05, 4.69) is 9.97 Å². The summed E-state index contributed by atoms with van der Waals surface area (Å²) < 4.78 is 40.7. The van der Waals surface area contributed by atoms with Gasteiger partial charge in [0.1, 0.15) is 11.5 Å². The average molecular weight is 359 g/mol. The number of alkyl halides is 3. The first-order valence-corrected chi connectivity index (χ1v) is 8.53.